The molecule has 0 fully saturated rings. The number of carbonyl (C=O) groups excluding carboxylic acids is 2. The average Bonchev–Trinajstić information content (AvgIpc) is 3.21. The van der Waals surface area contributed by atoms with Gasteiger partial charge in [0.05, 0.1) is 5.41 Å². The van der Waals surface area contributed by atoms with Gasteiger partial charge in [0.15, 0.2) is 0 Å². The molecule has 0 heterocycles. The number of carbonyl (C=O) groups is 2. The van der Waals surface area contributed by atoms with Gasteiger partial charge < -0.3 is 4.74 Å². The van der Waals surface area contributed by atoms with Crippen molar-refractivity contribution in [2.24, 2.45) is 5.41 Å². The maximum absolute atomic E-state index is 13.4. The molecule has 2 unspecified atom stereocenters. The van der Waals surface area contributed by atoms with E-state index in [1.54, 1.807) is 0 Å². The fourth-order valence-electron chi connectivity index (χ4n) is 4.59. The standard InChI is InChI=1S/C23H22O3/c1-3-21(25)23(20-13-12-16-8-4-6-10-18(16)20)14-17-9-5-7-11-19(17)22(23)26-15(2)24/h4-11,13,22H,3,12,14H2,1-2H3. The third kappa shape index (κ3) is 2.34. The van der Waals surface area contributed by atoms with Gasteiger partial charge in [-0.15, -0.1) is 0 Å². The Labute approximate surface area is 153 Å². The van der Waals surface area contributed by atoms with Crippen LogP contribution in [-0.2, 0) is 27.2 Å². The number of Topliss-reactive ketones (excluding diaryl/α,β-unsaturated/α-hetero) is 1. The normalized spacial score (nSPS) is 23.2. The molecule has 2 atom stereocenters. The minimum Gasteiger partial charge on any atom is -0.456 e. The lowest BCUT2D eigenvalue weighted by Gasteiger charge is -2.35. The zero-order valence-electron chi connectivity index (χ0n) is 15.1. The van der Waals surface area contributed by atoms with E-state index in [1.165, 1.54) is 12.5 Å². The Kier molecular flexibility index (Phi) is 4.03. The van der Waals surface area contributed by atoms with Gasteiger partial charge in [0.2, 0.25) is 0 Å². The van der Waals surface area contributed by atoms with Crippen LogP contribution in [0.3, 0.4) is 0 Å². The van der Waals surface area contributed by atoms with Crippen molar-refractivity contribution in [3.8, 4) is 0 Å². The molecule has 0 N–H and O–H groups in total. The van der Waals surface area contributed by atoms with E-state index in [2.05, 4.69) is 18.2 Å². The smallest absolute Gasteiger partial charge is 0.303 e. The molecule has 2 aromatic carbocycles. The number of esters is 1. The molecular weight excluding hydrogens is 324 g/mol. The zero-order valence-corrected chi connectivity index (χ0v) is 15.1. The van der Waals surface area contributed by atoms with Crippen LogP contribution in [0.2, 0.25) is 0 Å². The molecule has 0 spiro atoms. The van der Waals surface area contributed by atoms with E-state index in [-0.39, 0.29) is 11.8 Å². The summed E-state index contributed by atoms with van der Waals surface area (Å²) < 4.78 is 5.80. The van der Waals surface area contributed by atoms with Crippen LogP contribution < -0.4 is 0 Å². The van der Waals surface area contributed by atoms with Gasteiger partial charge in [-0.05, 0) is 40.7 Å². The summed E-state index contributed by atoms with van der Waals surface area (Å²) in [5, 5.41) is 0. The Bertz CT molecular complexity index is 925. The number of rotatable bonds is 4. The summed E-state index contributed by atoms with van der Waals surface area (Å²) >= 11 is 0. The van der Waals surface area contributed by atoms with Crippen molar-refractivity contribution in [2.75, 3.05) is 0 Å². The van der Waals surface area contributed by atoms with Crippen LogP contribution in [0.15, 0.2) is 54.6 Å². The van der Waals surface area contributed by atoms with Gasteiger partial charge >= 0.3 is 5.97 Å². The second kappa shape index (κ2) is 6.24. The summed E-state index contributed by atoms with van der Waals surface area (Å²) in [5.74, 6) is -0.227. The molecule has 0 radical (unpaired) electrons. The molecule has 2 aliphatic carbocycles. The molecule has 0 aromatic heterocycles. The topological polar surface area (TPSA) is 43.4 Å². The monoisotopic (exact) mass is 346 g/mol. The maximum atomic E-state index is 13.4. The Morgan fingerprint density at radius 2 is 1.77 bits per heavy atom. The minimum atomic E-state index is -0.837. The molecule has 0 saturated heterocycles. The van der Waals surface area contributed by atoms with Crippen LogP contribution >= 0.6 is 0 Å². The molecule has 0 bridgehead atoms. The summed E-state index contributed by atoms with van der Waals surface area (Å²) in [5.41, 5.74) is 4.56. The molecule has 132 valence electrons. The van der Waals surface area contributed by atoms with Crippen LogP contribution in [0.4, 0.5) is 0 Å². The molecule has 2 aromatic rings. The van der Waals surface area contributed by atoms with E-state index in [0.717, 1.165) is 28.7 Å². The predicted octanol–water partition coefficient (Wildman–Crippen LogP) is 4.45. The molecule has 2 aliphatic rings. The summed E-state index contributed by atoms with van der Waals surface area (Å²) in [6.45, 7) is 3.30. The SMILES string of the molecule is CCC(=O)C1(C2=CCc3ccccc32)Cc2ccccc2C1OC(C)=O. The molecule has 0 saturated carbocycles. The van der Waals surface area contributed by atoms with Crippen molar-refractivity contribution in [1.82, 2.24) is 0 Å². The quantitative estimate of drug-likeness (QED) is 0.768. The number of hydrogen-bond acceptors (Lipinski definition) is 3. The van der Waals surface area contributed by atoms with E-state index in [4.69, 9.17) is 4.74 Å². The summed E-state index contributed by atoms with van der Waals surface area (Å²) in [6.07, 6.45) is 3.38. The Hall–Kier alpha value is -2.68. The van der Waals surface area contributed by atoms with Crippen molar-refractivity contribution in [1.29, 1.82) is 0 Å². The Morgan fingerprint density at radius 1 is 1.08 bits per heavy atom. The Balaban J connectivity index is 1.93. The molecular formula is C23H22O3. The first-order chi connectivity index (χ1) is 12.6. The van der Waals surface area contributed by atoms with E-state index in [1.807, 2.05) is 43.3 Å². The van der Waals surface area contributed by atoms with Gasteiger partial charge in [0, 0.05) is 13.3 Å². The summed E-state index contributed by atoms with van der Waals surface area (Å²) in [4.78, 5) is 25.3. The highest BCUT2D eigenvalue weighted by atomic mass is 16.5. The van der Waals surface area contributed by atoms with Crippen molar-refractivity contribution in [3.63, 3.8) is 0 Å². The largest absolute Gasteiger partial charge is 0.456 e. The molecule has 26 heavy (non-hydrogen) atoms. The van der Waals surface area contributed by atoms with Gasteiger partial charge in [-0.2, -0.15) is 0 Å². The highest BCUT2D eigenvalue weighted by Gasteiger charge is 2.55. The second-order valence-corrected chi connectivity index (χ2v) is 7.09. The molecule has 3 nitrogen and oxygen atoms in total. The minimum absolute atomic E-state index is 0.128. The average molecular weight is 346 g/mol. The first kappa shape index (κ1) is 16.8. The lowest BCUT2D eigenvalue weighted by Crippen LogP contribution is -2.38. The summed E-state index contributed by atoms with van der Waals surface area (Å²) in [6, 6.07) is 16.2. The number of ether oxygens (including phenoxy) is 1. The molecule has 3 heteroatoms. The fraction of sp³-hybridized carbons (Fsp3) is 0.304. The van der Waals surface area contributed by atoms with Crippen molar-refractivity contribution >= 4 is 17.3 Å². The van der Waals surface area contributed by atoms with Crippen LogP contribution in [0.1, 0.15) is 48.6 Å². The van der Waals surface area contributed by atoms with E-state index < -0.39 is 11.5 Å². The van der Waals surface area contributed by atoms with E-state index in [9.17, 15) is 9.59 Å². The summed E-state index contributed by atoms with van der Waals surface area (Å²) in [7, 11) is 0. The highest BCUT2D eigenvalue weighted by Crippen LogP contribution is 2.57. The number of fused-ring (bicyclic) bond motifs is 2. The van der Waals surface area contributed by atoms with Crippen LogP contribution in [0.5, 0.6) is 0 Å². The van der Waals surface area contributed by atoms with E-state index in [0.29, 0.717) is 12.8 Å². The molecule has 4 rings (SSSR count). The van der Waals surface area contributed by atoms with Gasteiger partial charge in [0.25, 0.3) is 0 Å². The van der Waals surface area contributed by atoms with Gasteiger partial charge in [-0.25, -0.2) is 0 Å². The third-order valence-corrected chi connectivity index (χ3v) is 5.67. The third-order valence-electron chi connectivity index (χ3n) is 5.67. The second-order valence-electron chi connectivity index (χ2n) is 7.09. The van der Waals surface area contributed by atoms with Gasteiger partial charge in [-0.3, -0.25) is 9.59 Å². The number of benzene rings is 2. The van der Waals surface area contributed by atoms with Crippen molar-refractivity contribution in [2.45, 2.75) is 39.2 Å². The number of ketones is 1. The predicted molar refractivity (Wildman–Crippen MR) is 101 cm³/mol. The first-order valence-electron chi connectivity index (χ1n) is 9.15. The maximum Gasteiger partial charge on any atom is 0.303 e. The van der Waals surface area contributed by atoms with Crippen molar-refractivity contribution in [3.05, 3.63) is 76.9 Å². The number of hydrogen-bond donors (Lipinski definition) is 0. The van der Waals surface area contributed by atoms with Crippen molar-refractivity contribution < 1.29 is 14.3 Å². The first-order valence-corrected chi connectivity index (χ1v) is 9.15. The van der Waals surface area contributed by atoms with Crippen LogP contribution in [-0.4, -0.2) is 11.8 Å². The fourth-order valence-corrected chi connectivity index (χ4v) is 4.59. The lowest BCUT2D eigenvalue weighted by atomic mass is 9.69. The van der Waals surface area contributed by atoms with Crippen LogP contribution in [0, 0.1) is 5.41 Å². The van der Waals surface area contributed by atoms with Crippen LogP contribution in [0.25, 0.3) is 5.57 Å². The lowest BCUT2D eigenvalue weighted by molar-refractivity contribution is -0.154. The highest BCUT2D eigenvalue weighted by molar-refractivity contribution is 6.01. The molecule has 0 aliphatic heterocycles. The molecule has 0 amide bonds. The van der Waals surface area contributed by atoms with E-state index >= 15 is 0 Å². The van der Waals surface area contributed by atoms with Gasteiger partial charge in [0.1, 0.15) is 11.9 Å². The zero-order chi connectivity index (χ0) is 18.3. The van der Waals surface area contributed by atoms with Gasteiger partial charge in [-0.1, -0.05) is 61.5 Å². The Morgan fingerprint density at radius 3 is 2.50 bits per heavy atom. The number of allylic oxidation sites excluding steroid dienone is 1.